The fourth-order valence-electron chi connectivity index (χ4n) is 0. The molecule has 0 aromatic heterocycles. The van der Waals surface area contributed by atoms with Crippen molar-refractivity contribution in [1.29, 1.82) is 0 Å². The third kappa shape index (κ3) is 10.7. The van der Waals surface area contributed by atoms with Crippen LogP contribution in [0.1, 0.15) is 0 Å². The van der Waals surface area contributed by atoms with Crippen molar-refractivity contribution in [3.63, 3.8) is 0 Å². The van der Waals surface area contributed by atoms with E-state index in [4.69, 9.17) is 4.55 Å². The molecule has 0 amide bonds. The van der Waals surface area contributed by atoms with Gasteiger partial charge in [-0.15, -0.1) is 12.4 Å². The van der Waals surface area contributed by atoms with Crippen LogP contribution in [0.3, 0.4) is 0 Å². The predicted molar refractivity (Wildman–Crippen MR) is 24.1 cm³/mol. The summed E-state index contributed by atoms with van der Waals surface area (Å²) >= 11 is 0. The van der Waals surface area contributed by atoms with Crippen LogP contribution in [0.4, 0.5) is 0 Å². The molecule has 0 saturated heterocycles. The number of rotatable bonds is 1. The van der Waals surface area contributed by atoms with E-state index < -0.39 is 10.4 Å². The molecule has 46 valence electrons. The zero-order valence-electron chi connectivity index (χ0n) is 3.07. The average molecular weight is 150 g/mol. The Bertz CT molecular complexity index is 114. The molecule has 0 saturated carbocycles. The Morgan fingerprint density at radius 2 is 1.71 bits per heavy atom. The smallest absolute Gasteiger partial charge is 0.262 e. The molecule has 0 bridgehead atoms. The molecule has 7 heteroatoms. The largest absolute Gasteiger partial charge is 0.413 e. The molecule has 0 aliphatic rings. The molecule has 0 heterocycles. The zero-order valence-corrected chi connectivity index (χ0v) is 4.70. The van der Waals surface area contributed by atoms with Crippen molar-refractivity contribution in [3.8, 4) is 0 Å². The van der Waals surface area contributed by atoms with Gasteiger partial charge in [0, 0.05) is 0 Å². The van der Waals surface area contributed by atoms with E-state index in [0.29, 0.717) is 0 Å². The Hall–Kier alpha value is 0.120. The summed E-state index contributed by atoms with van der Waals surface area (Å²) in [5.74, 6) is 3.97. The molecule has 0 spiro atoms. The van der Waals surface area contributed by atoms with E-state index >= 15 is 0 Å². The molecule has 0 aliphatic carbocycles. The van der Waals surface area contributed by atoms with Crippen LogP contribution in [-0.2, 0) is 14.7 Å². The summed E-state index contributed by atoms with van der Waals surface area (Å²) in [6.07, 6.45) is 0. The van der Waals surface area contributed by atoms with Gasteiger partial charge < -0.3 is 0 Å². The van der Waals surface area contributed by atoms with Crippen LogP contribution in [0.15, 0.2) is 0 Å². The van der Waals surface area contributed by atoms with Crippen molar-refractivity contribution in [3.05, 3.63) is 0 Å². The fraction of sp³-hybridized carbons (Fsp3) is 0. The molecular weight excluding hydrogens is 146 g/mol. The van der Waals surface area contributed by atoms with Gasteiger partial charge in [0.2, 0.25) is 0 Å². The third-order valence-corrected chi connectivity index (χ3v) is 0.365. The number of halogens is 1. The van der Waals surface area contributed by atoms with Crippen molar-refractivity contribution in [2.45, 2.75) is 0 Å². The Kier molecular flexibility index (Phi) is 4.60. The molecule has 0 radical (unpaired) electrons. The zero-order chi connectivity index (χ0) is 5.21. The average Bonchev–Trinajstić information content (AvgIpc) is 1.35. The van der Waals surface area contributed by atoms with Crippen LogP contribution in [-0.4, -0.2) is 13.0 Å². The molecule has 5 nitrogen and oxygen atoms in total. The van der Waals surface area contributed by atoms with Crippen LogP contribution in [0.2, 0.25) is 0 Å². The van der Waals surface area contributed by atoms with E-state index in [2.05, 4.69) is 10.2 Å². The van der Waals surface area contributed by atoms with Crippen molar-refractivity contribution in [2.24, 2.45) is 5.90 Å². The van der Waals surface area contributed by atoms with Crippen LogP contribution < -0.4 is 5.90 Å². The molecule has 7 heavy (non-hydrogen) atoms. The van der Waals surface area contributed by atoms with E-state index in [9.17, 15) is 8.42 Å². The maximum absolute atomic E-state index is 9.21. The lowest BCUT2D eigenvalue weighted by Crippen LogP contribution is -2.08. The quantitative estimate of drug-likeness (QED) is 0.373. The van der Waals surface area contributed by atoms with E-state index in [-0.39, 0.29) is 12.4 Å². The summed E-state index contributed by atoms with van der Waals surface area (Å²) in [7, 11) is -4.38. The van der Waals surface area contributed by atoms with Crippen molar-refractivity contribution < 1.29 is 17.3 Å². The van der Waals surface area contributed by atoms with E-state index in [1.165, 1.54) is 0 Å². The summed E-state index contributed by atoms with van der Waals surface area (Å²) in [6.45, 7) is 0. The van der Waals surface area contributed by atoms with Gasteiger partial charge in [0.05, 0.1) is 0 Å². The van der Waals surface area contributed by atoms with Crippen molar-refractivity contribution in [2.75, 3.05) is 0 Å². The minimum absolute atomic E-state index is 0. The first kappa shape index (κ1) is 10.2. The van der Waals surface area contributed by atoms with Gasteiger partial charge in [0.1, 0.15) is 0 Å². The van der Waals surface area contributed by atoms with E-state index in [0.717, 1.165) is 0 Å². The van der Waals surface area contributed by atoms with Gasteiger partial charge in [0.25, 0.3) is 0 Å². The van der Waals surface area contributed by atoms with Crippen molar-refractivity contribution >= 4 is 22.8 Å². The highest BCUT2D eigenvalue weighted by atomic mass is 35.5. The summed E-state index contributed by atoms with van der Waals surface area (Å²) in [6, 6.07) is 0. The van der Waals surface area contributed by atoms with Crippen LogP contribution in [0.25, 0.3) is 0 Å². The normalized spacial score (nSPS) is 10.0. The molecule has 3 N–H and O–H groups in total. The van der Waals surface area contributed by atoms with Gasteiger partial charge in [-0.25, -0.2) is 0 Å². The van der Waals surface area contributed by atoms with Crippen molar-refractivity contribution in [1.82, 2.24) is 0 Å². The second kappa shape index (κ2) is 3.16. The second-order valence-corrected chi connectivity index (χ2v) is 1.57. The molecule has 0 atom stereocenters. The highest BCUT2D eigenvalue weighted by Crippen LogP contribution is 1.70. The molecule has 0 aromatic carbocycles. The summed E-state index contributed by atoms with van der Waals surface area (Å²) in [5.41, 5.74) is 0. The number of hydrogen-bond donors (Lipinski definition) is 2. The van der Waals surface area contributed by atoms with E-state index in [1.54, 1.807) is 0 Å². The fourth-order valence-corrected chi connectivity index (χ4v) is 0. The first-order valence-electron chi connectivity index (χ1n) is 0.918. The SMILES string of the molecule is Cl.NOS(=O)(=O)O. The Labute approximate surface area is 46.8 Å². The van der Waals surface area contributed by atoms with Gasteiger partial charge in [0.15, 0.2) is 0 Å². The molecule has 0 unspecified atom stereocenters. The molecule has 0 fully saturated rings. The Morgan fingerprint density at radius 3 is 1.71 bits per heavy atom. The van der Waals surface area contributed by atoms with Gasteiger partial charge >= 0.3 is 10.4 Å². The number of nitrogens with two attached hydrogens (primary N) is 1. The Balaban J connectivity index is 0. The van der Waals surface area contributed by atoms with Gasteiger partial charge in [-0.05, 0) is 0 Å². The van der Waals surface area contributed by atoms with Crippen LogP contribution >= 0.6 is 12.4 Å². The predicted octanol–water partition coefficient (Wildman–Crippen LogP) is -0.899. The minimum atomic E-state index is -4.38. The molecule has 0 rings (SSSR count). The molecular formula is H4ClNO4S. The third-order valence-electron chi connectivity index (χ3n) is 0.122. The van der Waals surface area contributed by atoms with Crippen LogP contribution in [0, 0.1) is 0 Å². The monoisotopic (exact) mass is 149 g/mol. The van der Waals surface area contributed by atoms with Gasteiger partial charge in [-0.3, -0.25) is 4.55 Å². The highest BCUT2D eigenvalue weighted by molar-refractivity contribution is 7.80. The van der Waals surface area contributed by atoms with Gasteiger partial charge in [-0.2, -0.15) is 18.6 Å². The molecule has 0 aliphatic heterocycles. The second-order valence-electron chi connectivity index (χ2n) is 0.524. The minimum Gasteiger partial charge on any atom is -0.262 e. The first-order chi connectivity index (χ1) is 2.56. The molecule has 0 aromatic rings. The first-order valence-corrected chi connectivity index (χ1v) is 2.28. The van der Waals surface area contributed by atoms with Crippen LogP contribution in [0.5, 0.6) is 0 Å². The summed E-state index contributed by atoms with van der Waals surface area (Å²) in [5, 5.41) is 0. The van der Waals surface area contributed by atoms with E-state index in [1.807, 2.05) is 0 Å². The lowest BCUT2D eigenvalue weighted by molar-refractivity contribution is 0.277. The topological polar surface area (TPSA) is 89.6 Å². The lowest BCUT2D eigenvalue weighted by Gasteiger charge is -1.81. The van der Waals surface area contributed by atoms with Gasteiger partial charge in [-0.1, -0.05) is 0 Å². The number of hydrogen-bond acceptors (Lipinski definition) is 4. The maximum atomic E-state index is 9.21. The summed E-state index contributed by atoms with van der Waals surface area (Å²) in [4.78, 5) is 0. The highest BCUT2D eigenvalue weighted by Gasteiger charge is 1.95. The Morgan fingerprint density at radius 1 is 1.57 bits per heavy atom. The lowest BCUT2D eigenvalue weighted by atomic mass is 13.6. The standard InChI is InChI=1S/ClH.H3NO4S/c;1-5-6(2,3)4/h1H;1H2,(H,2,3,4). The maximum Gasteiger partial charge on any atom is 0.413 e. The summed E-state index contributed by atoms with van der Waals surface area (Å²) < 4.78 is 28.8.